The monoisotopic (exact) mass is 495 g/mol. The van der Waals surface area contributed by atoms with Gasteiger partial charge in [0, 0.05) is 11.9 Å². The molecule has 1 N–H and O–H groups in total. The number of nitrogens with zero attached hydrogens (tertiary/aromatic N) is 1. The molecule has 0 fully saturated rings. The number of esters is 1. The van der Waals surface area contributed by atoms with Gasteiger partial charge < -0.3 is 19.2 Å². The second-order valence-corrected chi connectivity index (χ2v) is 8.91. The minimum atomic E-state index is -0.821. The van der Waals surface area contributed by atoms with Crippen molar-refractivity contribution in [3.8, 4) is 0 Å². The van der Waals surface area contributed by atoms with Gasteiger partial charge in [0.15, 0.2) is 11.5 Å². The zero-order valence-electron chi connectivity index (χ0n) is 20.4. The summed E-state index contributed by atoms with van der Waals surface area (Å²) < 4.78 is 10.8. The van der Waals surface area contributed by atoms with Gasteiger partial charge in [0.2, 0.25) is 5.78 Å². The van der Waals surface area contributed by atoms with Crippen molar-refractivity contribution < 1.29 is 28.6 Å². The zero-order chi connectivity index (χ0) is 26.1. The number of furan rings is 1. The van der Waals surface area contributed by atoms with E-state index >= 15 is 0 Å². The molecule has 2 heterocycles. The van der Waals surface area contributed by atoms with E-state index in [1.54, 1.807) is 49.4 Å². The Kier molecular flexibility index (Phi) is 6.36. The second kappa shape index (κ2) is 9.78. The van der Waals surface area contributed by atoms with E-state index in [1.807, 2.05) is 43.3 Å². The highest BCUT2D eigenvalue weighted by Crippen LogP contribution is 2.40. The minimum absolute atomic E-state index is 0.0298. The second-order valence-electron chi connectivity index (χ2n) is 8.91. The van der Waals surface area contributed by atoms with Crippen molar-refractivity contribution in [2.24, 2.45) is 0 Å². The largest absolute Gasteiger partial charge is 0.503 e. The average molecular weight is 496 g/mol. The number of aliphatic hydroxyl groups is 1. The summed E-state index contributed by atoms with van der Waals surface area (Å²) in [7, 11) is 0. The van der Waals surface area contributed by atoms with Crippen molar-refractivity contribution in [3.05, 3.63) is 118 Å². The van der Waals surface area contributed by atoms with E-state index < -0.39 is 29.5 Å². The fraction of sp³-hybridized carbons (Fsp3) is 0.167. The third-order valence-electron chi connectivity index (χ3n) is 6.37. The molecule has 1 amide bonds. The smallest absolute Gasteiger partial charge is 0.338 e. The highest BCUT2D eigenvalue weighted by molar-refractivity contribution is 6.16. The molecule has 7 nitrogen and oxygen atoms in total. The number of Topliss-reactive ketones (excluding diaryl/α,β-unsaturated/α-hetero) is 1. The molecule has 186 valence electrons. The molecule has 37 heavy (non-hydrogen) atoms. The summed E-state index contributed by atoms with van der Waals surface area (Å²) in [4.78, 5) is 40.5. The fourth-order valence-electron chi connectivity index (χ4n) is 4.62. The Bertz CT molecular complexity index is 1510. The van der Waals surface area contributed by atoms with Crippen LogP contribution in [0.5, 0.6) is 0 Å². The normalized spacial score (nSPS) is 15.5. The third kappa shape index (κ3) is 4.51. The first-order valence-corrected chi connectivity index (χ1v) is 12.0. The molecule has 4 aromatic rings. The zero-order valence-corrected chi connectivity index (χ0v) is 20.4. The lowest BCUT2D eigenvalue weighted by atomic mass is 9.94. The number of hydrogen-bond donors (Lipinski definition) is 1. The van der Waals surface area contributed by atoms with Gasteiger partial charge in [-0.15, -0.1) is 0 Å². The van der Waals surface area contributed by atoms with Crippen LogP contribution in [0.3, 0.4) is 0 Å². The number of hydrogen-bond acceptors (Lipinski definition) is 6. The van der Waals surface area contributed by atoms with Crippen molar-refractivity contribution >= 4 is 28.6 Å². The number of amides is 1. The van der Waals surface area contributed by atoms with E-state index in [0.717, 1.165) is 16.5 Å². The van der Waals surface area contributed by atoms with Gasteiger partial charge in [-0.1, -0.05) is 60.2 Å². The van der Waals surface area contributed by atoms with Crippen LogP contribution in [-0.4, -0.2) is 34.3 Å². The molecule has 1 unspecified atom stereocenters. The van der Waals surface area contributed by atoms with Gasteiger partial charge in [-0.2, -0.15) is 0 Å². The summed E-state index contributed by atoms with van der Waals surface area (Å²) in [6.07, 6.45) is 0. The van der Waals surface area contributed by atoms with Crippen LogP contribution in [0.25, 0.3) is 11.0 Å². The van der Waals surface area contributed by atoms with Crippen molar-refractivity contribution in [2.45, 2.75) is 26.4 Å². The number of ether oxygens (including phenoxy) is 1. The summed E-state index contributed by atoms with van der Waals surface area (Å²) in [6.45, 7) is 4.04. The molecule has 1 atom stereocenters. The first kappa shape index (κ1) is 24.1. The number of ketones is 1. The summed E-state index contributed by atoms with van der Waals surface area (Å²) in [5.41, 5.74) is 3.28. The minimum Gasteiger partial charge on any atom is -0.503 e. The van der Waals surface area contributed by atoms with E-state index in [1.165, 1.54) is 4.90 Å². The lowest BCUT2D eigenvalue weighted by molar-refractivity contribution is -0.130. The predicted octanol–water partition coefficient (Wildman–Crippen LogP) is 5.70. The predicted molar refractivity (Wildman–Crippen MR) is 137 cm³/mol. The van der Waals surface area contributed by atoms with Crippen LogP contribution in [0.15, 0.2) is 94.6 Å². The standard InChI is InChI=1S/C30H25NO6/c1-3-36-30(35)20-13-11-19(12-14-20)17-31-26(22-9-6-7-18(2)15-22)25(28(33)29(31)34)27(32)24-16-21-8-4-5-10-23(21)37-24/h4-16,26,33H,3,17H2,1-2H3. The summed E-state index contributed by atoms with van der Waals surface area (Å²) in [6, 6.07) is 22.2. The number of para-hydroxylation sites is 1. The third-order valence-corrected chi connectivity index (χ3v) is 6.37. The van der Waals surface area contributed by atoms with Crippen LogP contribution in [0.2, 0.25) is 0 Å². The number of fused-ring (bicyclic) bond motifs is 1. The molecule has 7 heteroatoms. The van der Waals surface area contributed by atoms with Crippen LogP contribution in [0, 0.1) is 6.92 Å². The Hall–Kier alpha value is -4.65. The molecule has 0 bridgehead atoms. The maximum Gasteiger partial charge on any atom is 0.338 e. The molecular weight excluding hydrogens is 470 g/mol. The number of rotatable bonds is 7. The van der Waals surface area contributed by atoms with Crippen molar-refractivity contribution in [3.63, 3.8) is 0 Å². The molecular formula is C30H25NO6. The van der Waals surface area contributed by atoms with Gasteiger partial charge >= 0.3 is 5.97 Å². The molecule has 1 aliphatic heterocycles. The molecule has 0 spiro atoms. The van der Waals surface area contributed by atoms with Gasteiger partial charge in [0.1, 0.15) is 5.58 Å². The van der Waals surface area contributed by atoms with E-state index in [2.05, 4.69) is 0 Å². The van der Waals surface area contributed by atoms with E-state index in [9.17, 15) is 19.5 Å². The Labute approximate surface area is 213 Å². The molecule has 0 saturated carbocycles. The molecule has 0 aliphatic carbocycles. The molecule has 0 radical (unpaired) electrons. The van der Waals surface area contributed by atoms with Crippen molar-refractivity contribution in [1.29, 1.82) is 0 Å². The van der Waals surface area contributed by atoms with Crippen LogP contribution in [0.1, 0.15) is 50.6 Å². The number of benzene rings is 3. The Morgan fingerprint density at radius 3 is 2.46 bits per heavy atom. The number of aliphatic hydroxyl groups excluding tert-OH is 1. The molecule has 3 aromatic carbocycles. The summed E-state index contributed by atoms with van der Waals surface area (Å²) in [5, 5.41) is 11.7. The first-order chi connectivity index (χ1) is 17.9. The summed E-state index contributed by atoms with van der Waals surface area (Å²) in [5.74, 6) is -2.18. The van der Waals surface area contributed by atoms with Crippen LogP contribution < -0.4 is 0 Å². The van der Waals surface area contributed by atoms with Gasteiger partial charge in [-0.3, -0.25) is 9.59 Å². The fourth-order valence-corrected chi connectivity index (χ4v) is 4.62. The topological polar surface area (TPSA) is 97.0 Å². The number of carbonyl (C=O) groups is 3. The van der Waals surface area contributed by atoms with Gasteiger partial charge in [0.05, 0.1) is 23.8 Å². The SMILES string of the molecule is CCOC(=O)c1ccc(CN2C(=O)C(O)=C(C(=O)c3cc4ccccc4o3)C2c2cccc(C)c2)cc1. The van der Waals surface area contributed by atoms with Crippen molar-refractivity contribution in [1.82, 2.24) is 4.90 Å². The van der Waals surface area contributed by atoms with Gasteiger partial charge in [-0.05, 0) is 49.2 Å². The number of aryl methyl sites for hydroxylation is 1. The van der Waals surface area contributed by atoms with E-state index in [4.69, 9.17) is 9.15 Å². The van der Waals surface area contributed by atoms with Crippen LogP contribution >= 0.6 is 0 Å². The molecule has 1 aliphatic rings. The van der Waals surface area contributed by atoms with Crippen LogP contribution in [-0.2, 0) is 16.1 Å². The lowest BCUT2D eigenvalue weighted by Crippen LogP contribution is -2.30. The Morgan fingerprint density at radius 1 is 1.00 bits per heavy atom. The van der Waals surface area contributed by atoms with Crippen molar-refractivity contribution in [2.75, 3.05) is 6.61 Å². The molecule has 1 aromatic heterocycles. The average Bonchev–Trinajstić information content (AvgIpc) is 3.44. The maximum absolute atomic E-state index is 13.7. The maximum atomic E-state index is 13.7. The van der Waals surface area contributed by atoms with Gasteiger partial charge in [-0.25, -0.2) is 4.79 Å². The first-order valence-electron chi connectivity index (χ1n) is 12.0. The highest BCUT2D eigenvalue weighted by atomic mass is 16.5. The molecule has 0 saturated heterocycles. The quantitative estimate of drug-likeness (QED) is 0.261. The van der Waals surface area contributed by atoms with Gasteiger partial charge in [0.25, 0.3) is 5.91 Å². The van der Waals surface area contributed by atoms with E-state index in [0.29, 0.717) is 16.7 Å². The Morgan fingerprint density at radius 2 is 1.76 bits per heavy atom. The molecule has 5 rings (SSSR count). The highest BCUT2D eigenvalue weighted by Gasteiger charge is 2.44. The Balaban J connectivity index is 1.52. The lowest BCUT2D eigenvalue weighted by Gasteiger charge is -2.27. The summed E-state index contributed by atoms with van der Waals surface area (Å²) >= 11 is 0. The van der Waals surface area contributed by atoms with E-state index in [-0.39, 0.29) is 24.5 Å². The number of carbonyl (C=O) groups excluding carboxylic acids is 3. The van der Waals surface area contributed by atoms with Crippen LogP contribution in [0.4, 0.5) is 0 Å².